The van der Waals surface area contributed by atoms with Crippen LogP contribution in [0.1, 0.15) is 21.9 Å². The van der Waals surface area contributed by atoms with Crippen molar-refractivity contribution in [2.75, 3.05) is 7.11 Å². The Morgan fingerprint density at radius 1 is 1.32 bits per heavy atom. The lowest BCUT2D eigenvalue weighted by Crippen LogP contribution is -2.21. The van der Waals surface area contributed by atoms with E-state index in [1.165, 1.54) is 7.11 Å². The quantitative estimate of drug-likeness (QED) is 0.695. The first-order chi connectivity index (χ1) is 10.5. The number of pyridine rings is 1. The molecule has 0 bridgehead atoms. The van der Waals surface area contributed by atoms with E-state index in [4.69, 9.17) is 9.15 Å². The van der Waals surface area contributed by atoms with Gasteiger partial charge in [0.1, 0.15) is 22.6 Å². The Balaban J connectivity index is 2.00. The Bertz CT molecular complexity index is 914. The highest BCUT2D eigenvalue weighted by Crippen LogP contribution is 2.17. The van der Waals surface area contributed by atoms with Crippen LogP contribution in [-0.2, 0) is 18.3 Å². The van der Waals surface area contributed by atoms with Crippen LogP contribution >= 0.6 is 0 Å². The zero-order valence-electron chi connectivity index (χ0n) is 12.6. The van der Waals surface area contributed by atoms with Gasteiger partial charge in [-0.05, 0) is 25.1 Å². The number of methoxy groups -OCH3 is 1. The smallest absolute Gasteiger partial charge is 0.341 e. The average molecular weight is 300 g/mol. The molecule has 0 amide bonds. The number of carbonyl (C=O) groups is 1. The van der Waals surface area contributed by atoms with Crippen molar-refractivity contribution in [1.29, 1.82) is 0 Å². The summed E-state index contributed by atoms with van der Waals surface area (Å²) in [6, 6.07) is 5.39. The molecule has 3 heterocycles. The van der Waals surface area contributed by atoms with Crippen molar-refractivity contribution in [3.8, 4) is 0 Å². The Morgan fingerprint density at radius 3 is 2.77 bits per heavy atom. The van der Waals surface area contributed by atoms with Crippen LogP contribution < -0.4 is 5.56 Å². The van der Waals surface area contributed by atoms with E-state index in [1.807, 2.05) is 25.4 Å². The van der Waals surface area contributed by atoms with E-state index in [0.29, 0.717) is 22.6 Å². The van der Waals surface area contributed by atoms with E-state index in [1.54, 1.807) is 28.3 Å². The van der Waals surface area contributed by atoms with Crippen molar-refractivity contribution >= 4 is 16.9 Å². The molecule has 0 aliphatic rings. The topological polar surface area (TPSA) is 66.4 Å². The Morgan fingerprint density at radius 2 is 2.05 bits per heavy atom. The molecule has 3 aromatic rings. The normalized spacial score (nSPS) is 11.0. The number of aromatic nitrogens is 2. The molecule has 0 aliphatic carbocycles. The number of hydrogen-bond acceptors (Lipinski definition) is 4. The second-order valence-electron chi connectivity index (χ2n) is 5.15. The number of nitrogens with zero attached hydrogens (tertiary/aromatic N) is 2. The van der Waals surface area contributed by atoms with Gasteiger partial charge < -0.3 is 18.3 Å². The number of carbonyl (C=O) groups excluding carboxylic acids is 1. The van der Waals surface area contributed by atoms with Gasteiger partial charge >= 0.3 is 5.97 Å². The molecule has 114 valence electrons. The summed E-state index contributed by atoms with van der Waals surface area (Å²) in [5, 5.41) is 0.898. The molecular weight excluding hydrogens is 284 g/mol. The van der Waals surface area contributed by atoms with Crippen molar-refractivity contribution in [1.82, 2.24) is 9.13 Å². The fourth-order valence-corrected chi connectivity index (χ4v) is 2.56. The lowest BCUT2D eigenvalue weighted by molar-refractivity contribution is 0.0599. The molecule has 0 radical (unpaired) electrons. The monoisotopic (exact) mass is 300 g/mol. The number of rotatable bonds is 3. The third-order valence-corrected chi connectivity index (χ3v) is 3.70. The number of esters is 1. The van der Waals surface area contributed by atoms with Crippen molar-refractivity contribution in [2.45, 2.75) is 13.5 Å². The minimum Gasteiger partial charge on any atom is -0.465 e. The van der Waals surface area contributed by atoms with E-state index in [-0.39, 0.29) is 12.1 Å². The third kappa shape index (κ3) is 2.22. The summed E-state index contributed by atoms with van der Waals surface area (Å²) >= 11 is 0. The molecule has 0 saturated carbocycles. The molecule has 0 spiro atoms. The van der Waals surface area contributed by atoms with Gasteiger partial charge in [0.2, 0.25) is 0 Å². The molecule has 0 N–H and O–H groups in total. The van der Waals surface area contributed by atoms with E-state index < -0.39 is 5.97 Å². The highest BCUT2D eigenvalue weighted by atomic mass is 16.5. The van der Waals surface area contributed by atoms with Crippen LogP contribution in [0.5, 0.6) is 0 Å². The van der Waals surface area contributed by atoms with E-state index in [0.717, 1.165) is 5.39 Å². The van der Waals surface area contributed by atoms with E-state index in [2.05, 4.69) is 0 Å². The molecule has 3 aromatic heterocycles. The predicted octanol–water partition coefficient (Wildman–Crippen LogP) is 2.08. The first kappa shape index (κ1) is 14.2. The summed E-state index contributed by atoms with van der Waals surface area (Å²) in [6.45, 7) is 1.96. The highest BCUT2D eigenvalue weighted by Gasteiger charge is 2.16. The maximum atomic E-state index is 12.5. The predicted molar refractivity (Wildman–Crippen MR) is 81.1 cm³/mol. The molecule has 0 fully saturated rings. The number of fused-ring (bicyclic) bond motifs is 1. The standard InChI is InChI=1S/C16H16N2O4/c1-10-13(16(20)21-3)8-12(22-10)9-18-7-5-11-4-6-17(2)14(11)15(18)19/h4-8H,9H2,1-3H3. The minimum atomic E-state index is -0.447. The zero-order chi connectivity index (χ0) is 15.9. The number of hydrogen-bond donors (Lipinski definition) is 0. The van der Waals surface area contributed by atoms with Gasteiger partial charge in [-0.2, -0.15) is 0 Å². The molecule has 0 aliphatic heterocycles. The Labute approximate surface area is 126 Å². The van der Waals surface area contributed by atoms with Gasteiger partial charge in [-0.15, -0.1) is 0 Å². The van der Waals surface area contributed by atoms with Crippen LogP contribution in [0.3, 0.4) is 0 Å². The zero-order valence-corrected chi connectivity index (χ0v) is 12.6. The van der Waals surface area contributed by atoms with Crippen LogP contribution in [0, 0.1) is 6.92 Å². The van der Waals surface area contributed by atoms with Gasteiger partial charge in [0.05, 0.1) is 13.7 Å². The first-order valence-electron chi connectivity index (χ1n) is 6.83. The summed E-state index contributed by atoms with van der Waals surface area (Å²) in [6.07, 6.45) is 3.57. The fourth-order valence-electron chi connectivity index (χ4n) is 2.56. The molecule has 0 saturated heterocycles. The van der Waals surface area contributed by atoms with Gasteiger partial charge in [-0.1, -0.05) is 0 Å². The highest BCUT2D eigenvalue weighted by molar-refractivity contribution is 5.90. The van der Waals surface area contributed by atoms with E-state index >= 15 is 0 Å². The molecule has 6 heteroatoms. The molecule has 0 atom stereocenters. The van der Waals surface area contributed by atoms with E-state index in [9.17, 15) is 9.59 Å². The van der Waals surface area contributed by atoms with Gasteiger partial charge in [-0.3, -0.25) is 4.79 Å². The fraction of sp³-hybridized carbons (Fsp3) is 0.250. The SMILES string of the molecule is COC(=O)c1cc(Cn2ccc3ccn(C)c3c2=O)oc1C. The van der Waals surface area contributed by atoms with Gasteiger partial charge in [0.25, 0.3) is 5.56 Å². The summed E-state index contributed by atoms with van der Waals surface area (Å²) in [4.78, 5) is 24.1. The van der Waals surface area contributed by atoms with Crippen molar-refractivity contribution in [3.05, 3.63) is 58.0 Å². The third-order valence-electron chi connectivity index (χ3n) is 3.70. The van der Waals surface area contributed by atoms with Crippen LogP contribution in [0.15, 0.2) is 39.8 Å². The molecule has 0 aromatic carbocycles. The maximum Gasteiger partial charge on any atom is 0.341 e. The van der Waals surface area contributed by atoms with Crippen LogP contribution in [0.2, 0.25) is 0 Å². The number of ether oxygens (including phenoxy) is 1. The number of furan rings is 1. The lowest BCUT2D eigenvalue weighted by Gasteiger charge is -2.04. The summed E-state index contributed by atoms with van der Waals surface area (Å²) < 4.78 is 13.6. The van der Waals surface area contributed by atoms with Gasteiger partial charge in [0.15, 0.2) is 0 Å². The Hall–Kier alpha value is -2.76. The second-order valence-corrected chi connectivity index (χ2v) is 5.15. The summed E-state index contributed by atoms with van der Waals surface area (Å²) in [5.41, 5.74) is 0.920. The van der Waals surface area contributed by atoms with Crippen molar-refractivity contribution < 1.29 is 13.9 Å². The molecule has 22 heavy (non-hydrogen) atoms. The molecule has 6 nitrogen and oxygen atoms in total. The molecule has 0 unspecified atom stereocenters. The largest absolute Gasteiger partial charge is 0.465 e. The van der Waals surface area contributed by atoms with Gasteiger partial charge in [0, 0.05) is 24.8 Å². The first-order valence-corrected chi connectivity index (χ1v) is 6.83. The summed E-state index contributed by atoms with van der Waals surface area (Å²) in [5.74, 6) is 0.570. The van der Waals surface area contributed by atoms with Crippen LogP contribution in [-0.4, -0.2) is 22.2 Å². The minimum absolute atomic E-state index is 0.0985. The molecular formula is C16H16N2O4. The lowest BCUT2D eigenvalue weighted by atomic mass is 10.2. The molecule has 3 rings (SSSR count). The van der Waals surface area contributed by atoms with Crippen molar-refractivity contribution in [3.63, 3.8) is 0 Å². The summed E-state index contributed by atoms with van der Waals surface area (Å²) in [7, 11) is 3.16. The van der Waals surface area contributed by atoms with Gasteiger partial charge in [-0.25, -0.2) is 4.79 Å². The second kappa shape index (κ2) is 5.22. The van der Waals surface area contributed by atoms with Crippen LogP contribution in [0.25, 0.3) is 10.9 Å². The average Bonchev–Trinajstić information content (AvgIpc) is 3.05. The Kier molecular flexibility index (Phi) is 3.36. The van der Waals surface area contributed by atoms with Crippen molar-refractivity contribution in [2.24, 2.45) is 7.05 Å². The van der Waals surface area contributed by atoms with Crippen LogP contribution in [0.4, 0.5) is 0 Å². The maximum absolute atomic E-state index is 12.5. The number of aryl methyl sites for hydroxylation is 2.